The lowest BCUT2D eigenvalue weighted by Gasteiger charge is -2.08. The molecule has 100 valence electrons. The van der Waals surface area contributed by atoms with Crippen molar-refractivity contribution < 1.29 is 26.9 Å². The first-order chi connectivity index (χ1) is 8.12. The number of nitro groups is 1. The second kappa shape index (κ2) is 5.02. The smallest absolute Gasteiger partial charge is 0.387 e. The molecule has 0 saturated carbocycles. The van der Waals surface area contributed by atoms with Gasteiger partial charge < -0.3 is 4.74 Å². The van der Waals surface area contributed by atoms with E-state index in [0.717, 1.165) is 6.07 Å². The van der Waals surface area contributed by atoms with Crippen molar-refractivity contribution in [3.05, 3.63) is 27.8 Å². The van der Waals surface area contributed by atoms with E-state index in [4.69, 9.17) is 10.7 Å². The number of nitro benzene ring substituents is 1. The van der Waals surface area contributed by atoms with Crippen LogP contribution in [0.2, 0.25) is 0 Å². The van der Waals surface area contributed by atoms with Gasteiger partial charge in [0.2, 0.25) is 5.75 Å². The average Bonchev–Trinajstić information content (AvgIpc) is 2.17. The molecule has 6 nitrogen and oxygen atoms in total. The number of hydrogen-bond acceptors (Lipinski definition) is 5. The van der Waals surface area contributed by atoms with Crippen molar-refractivity contribution in [2.45, 2.75) is 18.4 Å². The van der Waals surface area contributed by atoms with Crippen LogP contribution in [0, 0.1) is 17.0 Å². The molecule has 0 saturated heterocycles. The van der Waals surface area contributed by atoms with Gasteiger partial charge in [0.25, 0.3) is 9.05 Å². The summed E-state index contributed by atoms with van der Waals surface area (Å²) >= 11 is 0. The number of halogens is 3. The van der Waals surface area contributed by atoms with Gasteiger partial charge in [-0.3, -0.25) is 10.1 Å². The number of benzene rings is 1. The summed E-state index contributed by atoms with van der Waals surface area (Å²) in [5.41, 5.74) is -0.810. The maximum absolute atomic E-state index is 12.1. The Morgan fingerprint density at radius 2 is 2.00 bits per heavy atom. The molecule has 1 rings (SSSR count). The minimum absolute atomic E-state index is 0.0432. The summed E-state index contributed by atoms with van der Waals surface area (Å²) in [6.45, 7) is -2.08. The maximum Gasteiger partial charge on any atom is 0.387 e. The molecule has 0 N–H and O–H groups in total. The first-order valence-electron chi connectivity index (χ1n) is 4.31. The molecule has 0 unspecified atom stereocenters. The molecule has 0 aliphatic heterocycles. The van der Waals surface area contributed by atoms with Crippen LogP contribution in [0.3, 0.4) is 0 Å². The molecular weight excluding hydrogens is 296 g/mol. The zero-order valence-electron chi connectivity index (χ0n) is 8.76. The highest BCUT2D eigenvalue weighted by molar-refractivity contribution is 8.13. The highest BCUT2D eigenvalue weighted by Crippen LogP contribution is 2.34. The van der Waals surface area contributed by atoms with Gasteiger partial charge in [-0.15, -0.1) is 0 Å². The van der Waals surface area contributed by atoms with Gasteiger partial charge in [-0.05, 0) is 12.5 Å². The number of aryl methyl sites for hydroxylation is 1. The molecule has 0 spiro atoms. The third-order valence-corrected chi connectivity index (χ3v) is 3.40. The predicted octanol–water partition coefficient (Wildman–Crippen LogP) is 2.43. The van der Waals surface area contributed by atoms with Gasteiger partial charge in [0.05, 0.1) is 9.82 Å². The van der Waals surface area contributed by atoms with Crippen LogP contribution in [0.15, 0.2) is 17.0 Å². The molecule has 0 bridgehead atoms. The van der Waals surface area contributed by atoms with Gasteiger partial charge in [-0.25, -0.2) is 8.42 Å². The number of nitrogens with zero attached hydrogens (tertiary/aromatic N) is 1. The first-order valence-corrected chi connectivity index (χ1v) is 6.62. The number of alkyl halides is 2. The second-order valence-corrected chi connectivity index (χ2v) is 5.69. The lowest BCUT2D eigenvalue weighted by atomic mass is 10.2. The molecule has 0 atom stereocenters. The van der Waals surface area contributed by atoms with Crippen LogP contribution >= 0.6 is 10.7 Å². The SMILES string of the molecule is Cc1cc([N+](=O)[O-])c(OC(F)F)cc1S(=O)(=O)Cl. The van der Waals surface area contributed by atoms with E-state index in [-0.39, 0.29) is 5.56 Å². The van der Waals surface area contributed by atoms with E-state index in [9.17, 15) is 27.3 Å². The van der Waals surface area contributed by atoms with Crippen LogP contribution in [-0.2, 0) is 9.05 Å². The zero-order chi connectivity index (χ0) is 14.1. The van der Waals surface area contributed by atoms with Gasteiger partial charge in [-0.1, -0.05) is 0 Å². The standard InChI is InChI=1S/C8H6ClF2NO5S/c1-4-2-5(12(13)14)6(17-8(10)11)3-7(4)18(9,15)16/h2-3,8H,1H3. The third kappa shape index (κ3) is 3.26. The summed E-state index contributed by atoms with van der Waals surface area (Å²) in [7, 11) is 0.854. The molecule has 0 amide bonds. The summed E-state index contributed by atoms with van der Waals surface area (Å²) in [5, 5.41) is 10.6. The minimum atomic E-state index is -4.21. The van der Waals surface area contributed by atoms with Gasteiger partial charge in [0.1, 0.15) is 0 Å². The second-order valence-electron chi connectivity index (χ2n) is 3.16. The van der Waals surface area contributed by atoms with Crippen LogP contribution in [0.1, 0.15) is 5.56 Å². The Morgan fingerprint density at radius 3 is 2.39 bits per heavy atom. The fourth-order valence-electron chi connectivity index (χ4n) is 1.25. The van der Waals surface area contributed by atoms with Crippen LogP contribution in [0.4, 0.5) is 14.5 Å². The van der Waals surface area contributed by atoms with E-state index < -0.39 is 36.9 Å². The Labute approximate surface area is 105 Å². The van der Waals surface area contributed by atoms with Crippen molar-refractivity contribution in [2.24, 2.45) is 0 Å². The predicted molar refractivity (Wildman–Crippen MR) is 57.5 cm³/mol. The van der Waals surface area contributed by atoms with Crippen molar-refractivity contribution in [3.63, 3.8) is 0 Å². The highest BCUT2D eigenvalue weighted by Gasteiger charge is 2.25. The van der Waals surface area contributed by atoms with Crippen LogP contribution < -0.4 is 4.74 Å². The van der Waals surface area contributed by atoms with E-state index in [1.54, 1.807) is 0 Å². The van der Waals surface area contributed by atoms with Crippen molar-refractivity contribution in [1.29, 1.82) is 0 Å². The average molecular weight is 302 g/mol. The molecular formula is C8H6ClF2NO5S. The quantitative estimate of drug-likeness (QED) is 0.484. The monoisotopic (exact) mass is 301 g/mol. The number of rotatable bonds is 4. The normalized spacial score (nSPS) is 11.6. The molecule has 1 aromatic rings. The van der Waals surface area contributed by atoms with Gasteiger partial charge in [0, 0.05) is 22.8 Å². The summed E-state index contributed by atoms with van der Waals surface area (Å²) in [6, 6.07) is 1.40. The molecule has 0 heterocycles. The maximum atomic E-state index is 12.1. The molecule has 0 aliphatic rings. The largest absolute Gasteiger partial charge is 0.427 e. The van der Waals surface area contributed by atoms with E-state index in [0.29, 0.717) is 6.07 Å². The molecule has 0 aromatic heterocycles. The Bertz CT molecular complexity index is 589. The van der Waals surface area contributed by atoms with Crippen molar-refractivity contribution in [2.75, 3.05) is 0 Å². The number of hydrogen-bond donors (Lipinski definition) is 0. The van der Waals surface area contributed by atoms with Crippen molar-refractivity contribution in [1.82, 2.24) is 0 Å². The first kappa shape index (κ1) is 14.6. The van der Waals surface area contributed by atoms with Crippen molar-refractivity contribution in [3.8, 4) is 5.75 Å². The highest BCUT2D eigenvalue weighted by atomic mass is 35.7. The Hall–Kier alpha value is -1.48. The fraction of sp³-hybridized carbons (Fsp3) is 0.250. The third-order valence-electron chi connectivity index (χ3n) is 1.93. The molecule has 0 aliphatic carbocycles. The lowest BCUT2D eigenvalue weighted by Crippen LogP contribution is -2.06. The molecule has 0 fully saturated rings. The number of ether oxygens (including phenoxy) is 1. The lowest BCUT2D eigenvalue weighted by molar-refractivity contribution is -0.386. The fourth-order valence-corrected chi connectivity index (χ4v) is 2.44. The topological polar surface area (TPSA) is 86.5 Å². The van der Waals surface area contributed by atoms with E-state index >= 15 is 0 Å². The van der Waals surface area contributed by atoms with Gasteiger partial charge in [-0.2, -0.15) is 8.78 Å². The van der Waals surface area contributed by atoms with Crippen LogP contribution in [-0.4, -0.2) is 20.0 Å². The summed E-state index contributed by atoms with van der Waals surface area (Å²) in [6.07, 6.45) is 0. The molecule has 1 aromatic carbocycles. The van der Waals surface area contributed by atoms with E-state index in [1.807, 2.05) is 0 Å². The van der Waals surface area contributed by atoms with Crippen LogP contribution in [0.5, 0.6) is 5.75 Å². The van der Waals surface area contributed by atoms with Gasteiger partial charge in [0.15, 0.2) is 0 Å². The minimum Gasteiger partial charge on any atom is -0.427 e. The molecule has 0 radical (unpaired) electrons. The van der Waals surface area contributed by atoms with Crippen molar-refractivity contribution >= 4 is 25.4 Å². The Balaban J connectivity index is 3.50. The van der Waals surface area contributed by atoms with Crippen LogP contribution in [0.25, 0.3) is 0 Å². The molecule has 10 heteroatoms. The van der Waals surface area contributed by atoms with E-state index in [1.165, 1.54) is 6.92 Å². The summed E-state index contributed by atoms with van der Waals surface area (Å²) in [4.78, 5) is 9.13. The molecule has 18 heavy (non-hydrogen) atoms. The summed E-state index contributed by atoms with van der Waals surface area (Å²) < 4.78 is 50.3. The van der Waals surface area contributed by atoms with E-state index in [2.05, 4.69) is 4.74 Å². The summed E-state index contributed by atoms with van der Waals surface area (Å²) in [5.74, 6) is -0.861. The Kier molecular flexibility index (Phi) is 4.07. The zero-order valence-corrected chi connectivity index (χ0v) is 10.3. The Morgan fingerprint density at radius 1 is 1.44 bits per heavy atom. The van der Waals surface area contributed by atoms with Gasteiger partial charge >= 0.3 is 12.3 Å².